The van der Waals surface area contributed by atoms with Crippen LogP contribution in [-0.4, -0.2) is 52.0 Å². The molecule has 0 radical (unpaired) electrons. The number of ether oxygens (including phenoxy) is 1. The molecule has 1 heterocycles. The molecule has 0 fully saturated rings. The Labute approximate surface area is 160 Å². The van der Waals surface area contributed by atoms with E-state index in [0.29, 0.717) is 22.6 Å². The zero-order valence-electron chi connectivity index (χ0n) is 15.5. The highest BCUT2D eigenvalue weighted by Gasteiger charge is 2.16. The maximum atomic E-state index is 12.8. The predicted octanol–water partition coefficient (Wildman–Crippen LogP) is 1.18. The lowest BCUT2D eigenvalue weighted by Crippen LogP contribution is -2.29. The first-order valence-electron chi connectivity index (χ1n) is 8.57. The van der Waals surface area contributed by atoms with Gasteiger partial charge in [0.25, 0.3) is 5.56 Å². The fourth-order valence-corrected chi connectivity index (χ4v) is 3.26. The van der Waals surface area contributed by atoms with Crippen LogP contribution in [0.15, 0.2) is 28.2 Å². The topological polar surface area (TPSA) is 111 Å². The summed E-state index contributed by atoms with van der Waals surface area (Å²) in [6.45, 7) is 4.16. The lowest BCUT2D eigenvalue weighted by atomic mass is 10.1. The van der Waals surface area contributed by atoms with Crippen LogP contribution in [0.3, 0.4) is 0 Å². The number of carbonyl (C=O) groups excluding carboxylic acids is 2. The number of nitrogens with one attached hydrogen (secondary N) is 1. The Morgan fingerprint density at radius 2 is 2.15 bits per heavy atom. The number of amides is 1. The van der Waals surface area contributed by atoms with Crippen molar-refractivity contribution in [3.63, 3.8) is 0 Å². The fourth-order valence-electron chi connectivity index (χ4n) is 2.43. The van der Waals surface area contributed by atoms with Crippen LogP contribution in [-0.2, 0) is 16.1 Å². The number of rotatable bonds is 8. The van der Waals surface area contributed by atoms with Crippen LogP contribution >= 0.6 is 11.8 Å². The van der Waals surface area contributed by atoms with E-state index < -0.39 is 12.1 Å². The second kappa shape index (κ2) is 9.52. The van der Waals surface area contributed by atoms with Crippen LogP contribution in [0.2, 0.25) is 0 Å². The summed E-state index contributed by atoms with van der Waals surface area (Å²) in [6, 6.07) is 4.49. The number of carbonyl (C=O) groups is 2. The third kappa shape index (κ3) is 5.30. The smallest absolute Gasteiger partial charge is 0.337 e. The minimum absolute atomic E-state index is 0.0550. The van der Waals surface area contributed by atoms with E-state index in [0.717, 1.165) is 18.2 Å². The molecule has 2 N–H and O–H groups in total. The standard InChI is InChI=1S/C18H23N3O5S/c1-4-7-19-15(23)10-27-18-20-14-8-12(17(25)26-3)5-6-13(14)16(24)21(18)9-11(2)22/h5-6,8,11,22H,4,7,9-10H2,1-3H3,(H,19,23)/t11-/m1/s1. The average Bonchev–Trinajstić information content (AvgIpc) is 2.65. The Morgan fingerprint density at radius 3 is 2.78 bits per heavy atom. The summed E-state index contributed by atoms with van der Waals surface area (Å²) in [6.07, 6.45) is 0.0674. The van der Waals surface area contributed by atoms with Crippen molar-refractivity contribution < 1.29 is 19.4 Å². The molecule has 0 saturated carbocycles. The van der Waals surface area contributed by atoms with Gasteiger partial charge in [-0.05, 0) is 31.5 Å². The van der Waals surface area contributed by atoms with Crippen molar-refractivity contribution in [2.75, 3.05) is 19.4 Å². The van der Waals surface area contributed by atoms with Gasteiger partial charge in [0.05, 0.1) is 42.0 Å². The molecule has 2 rings (SSSR count). The van der Waals surface area contributed by atoms with Gasteiger partial charge in [0.2, 0.25) is 5.91 Å². The Bertz CT molecular complexity index is 894. The number of aromatic nitrogens is 2. The van der Waals surface area contributed by atoms with Gasteiger partial charge in [-0.3, -0.25) is 14.2 Å². The zero-order valence-corrected chi connectivity index (χ0v) is 16.3. The van der Waals surface area contributed by atoms with Gasteiger partial charge < -0.3 is 15.2 Å². The van der Waals surface area contributed by atoms with Crippen molar-refractivity contribution in [1.82, 2.24) is 14.9 Å². The largest absolute Gasteiger partial charge is 0.465 e. The molecule has 0 saturated heterocycles. The molecular weight excluding hydrogens is 370 g/mol. The third-order valence-corrected chi connectivity index (χ3v) is 4.67. The summed E-state index contributed by atoms with van der Waals surface area (Å²) in [7, 11) is 1.27. The van der Waals surface area contributed by atoms with Gasteiger partial charge >= 0.3 is 5.97 Å². The van der Waals surface area contributed by atoms with Crippen molar-refractivity contribution in [2.45, 2.75) is 38.1 Å². The number of aliphatic hydroxyl groups excluding tert-OH is 1. The minimum atomic E-state index is -0.760. The molecule has 146 valence electrons. The normalized spacial score (nSPS) is 12.0. The minimum Gasteiger partial charge on any atom is -0.465 e. The van der Waals surface area contributed by atoms with Crippen molar-refractivity contribution in [3.8, 4) is 0 Å². The first-order valence-corrected chi connectivity index (χ1v) is 9.56. The van der Waals surface area contributed by atoms with Crippen molar-refractivity contribution in [3.05, 3.63) is 34.1 Å². The SMILES string of the molecule is CCCNC(=O)CSc1nc2cc(C(=O)OC)ccc2c(=O)n1C[C@@H](C)O. The van der Waals surface area contributed by atoms with Crippen LogP contribution in [0.4, 0.5) is 0 Å². The van der Waals surface area contributed by atoms with Gasteiger partial charge in [0.15, 0.2) is 5.16 Å². The molecule has 1 amide bonds. The third-order valence-electron chi connectivity index (χ3n) is 3.69. The van der Waals surface area contributed by atoms with E-state index in [1.54, 1.807) is 6.92 Å². The molecular formula is C18H23N3O5S. The molecule has 0 aliphatic rings. The summed E-state index contributed by atoms with van der Waals surface area (Å²) >= 11 is 1.11. The lowest BCUT2D eigenvalue weighted by molar-refractivity contribution is -0.118. The van der Waals surface area contributed by atoms with E-state index >= 15 is 0 Å². The zero-order chi connectivity index (χ0) is 20.0. The number of hydrogen-bond donors (Lipinski definition) is 2. The second-order valence-electron chi connectivity index (χ2n) is 6.02. The fraction of sp³-hybridized carbons (Fsp3) is 0.444. The van der Waals surface area contributed by atoms with Gasteiger partial charge in [-0.2, -0.15) is 0 Å². The van der Waals surface area contributed by atoms with Crippen LogP contribution in [0.25, 0.3) is 10.9 Å². The van der Waals surface area contributed by atoms with Gasteiger partial charge in [0.1, 0.15) is 0 Å². The molecule has 27 heavy (non-hydrogen) atoms. The van der Waals surface area contributed by atoms with Gasteiger partial charge in [-0.25, -0.2) is 9.78 Å². The molecule has 0 unspecified atom stereocenters. The molecule has 0 aliphatic carbocycles. The highest BCUT2D eigenvalue weighted by atomic mass is 32.2. The maximum absolute atomic E-state index is 12.8. The number of aliphatic hydroxyl groups is 1. The molecule has 8 nitrogen and oxygen atoms in total. The Hall–Kier alpha value is -2.39. The number of hydrogen-bond acceptors (Lipinski definition) is 7. The van der Waals surface area contributed by atoms with Crippen LogP contribution in [0, 0.1) is 0 Å². The number of nitrogens with zero attached hydrogens (tertiary/aromatic N) is 2. The highest BCUT2D eigenvalue weighted by molar-refractivity contribution is 7.99. The van der Waals surface area contributed by atoms with E-state index in [1.165, 1.54) is 29.9 Å². The summed E-state index contributed by atoms with van der Waals surface area (Å²) < 4.78 is 6.05. The first kappa shape index (κ1) is 20.9. The predicted molar refractivity (Wildman–Crippen MR) is 103 cm³/mol. The van der Waals surface area contributed by atoms with Crippen LogP contribution < -0.4 is 10.9 Å². The molecule has 0 aliphatic heterocycles. The van der Waals surface area contributed by atoms with E-state index in [9.17, 15) is 19.5 Å². The number of benzene rings is 1. The van der Waals surface area contributed by atoms with Crippen molar-refractivity contribution in [2.24, 2.45) is 0 Å². The number of methoxy groups -OCH3 is 1. The second-order valence-corrected chi connectivity index (χ2v) is 6.96. The van der Waals surface area contributed by atoms with E-state index in [1.807, 2.05) is 6.92 Å². The lowest BCUT2D eigenvalue weighted by Gasteiger charge is -2.14. The summed E-state index contributed by atoms with van der Waals surface area (Å²) in [5.74, 6) is -0.600. The maximum Gasteiger partial charge on any atom is 0.337 e. The van der Waals surface area contributed by atoms with Crippen LogP contribution in [0.1, 0.15) is 30.6 Å². The van der Waals surface area contributed by atoms with Gasteiger partial charge in [-0.1, -0.05) is 18.7 Å². The Balaban J connectivity index is 2.45. The Kier molecular flexibility index (Phi) is 7.37. The van der Waals surface area contributed by atoms with E-state index in [4.69, 9.17) is 4.74 Å². The number of fused-ring (bicyclic) bond motifs is 1. The van der Waals surface area contributed by atoms with Crippen LogP contribution in [0.5, 0.6) is 0 Å². The first-order chi connectivity index (χ1) is 12.9. The number of thioether (sulfide) groups is 1. The molecule has 1 aromatic carbocycles. The van der Waals surface area contributed by atoms with E-state index in [2.05, 4.69) is 10.3 Å². The number of esters is 1. The molecule has 0 bridgehead atoms. The highest BCUT2D eigenvalue weighted by Crippen LogP contribution is 2.19. The summed E-state index contributed by atoms with van der Waals surface area (Å²) in [4.78, 5) is 40.9. The molecule has 0 spiro atoms. The van der Waals surface area contributed by atoms with E-state index in [-0.39, 0.29) is 29.3 Å². The average molecular weight is 393 g/mol. The summed E-state index contributed by atoms with van der Waals surface area (Å²) in [5.41, 5.74) is 0.275. The summed E-state index contributed by atoms with van der Waals surface area (Å²) in [5, 5.41) is 13.1. The van der Waals surface area contributed by atoms with Gasteiger partial charge in [-0.15, -0.1) is 0 Å². The molecule has 2 aromatic rings. The van der Waals surface area contributed by atoms with Crippen molar-refractivity contribution >= 4 is 34.5 Å². The molecule has 1 aromatic heterocycles. The van der Waals surface area contributed by atoms with Gasteiger partial charge in [0, 0.05) is 6.54 Å². The Morgan fingerprint density at radius 1 is 1.41 bits per heavy atom. The molecule has 9 heteroatoms. The monoisotopic (exact) mass is 393 g/mol. The quantitative estimate of drug-likeness (QED) is 0.394. The van der Waals surface area contributed by atoms with Crippen molar-refractivity contribution in [1.29, 1.82) is 0 Å². The molecule has 1 atom stereocenters.